The van der Waals surface area contributed by atoms with Gasteiger partial charge in [0.2, 0.25) is 10.0 Å². The first kappa shape index (κ1) is 20.8. The Morgan fingerprint density at radius 2 is 1.55 bits per heavy atom. The number of hydrogen-bond acceptors (Lipinski definition) is 5. The number of nitrogens with two attached hydrogens (primary N) is 2. The highest BCUT2D eigenvalue weighted by molar-refractivity contribution is 7.89. The highest BCUT2D eigenvalue weighted by atomic mass is 32.2. The van der Waals surface area contributed by atoms with Crippen LogP contribution in [0.4, 0.5) is 11.4 Å². The number of rotatable bonds is 4. The van der Waals surface area contributed by atoms with Crippen LogP contribution in [-0.2, 0) is 10.0 Å². The number of hydrogen-bond donors (Lipinski definition) is 2. The van der Waals surface area contributed by atoms with Crippen molar-refractivity contribution < 1.29 is 13.2 Å². The van der Waals surface area contributed by atoms with Gasteiger partial charge in [0.25, 0.3) is 0 Å². The topological polar surface area (TPSA) is 98.6 Å². The third kappa shape index (κ3) is 3.63. The van der Waals surface area contributed by atoms with E-state index in [9.17, 15) is 8.42 Å². The first-order valence-corrected chi connectivity index (χ1v) is 13.2. The van der Waals surface area contributed by atoms with Crippen molar-refractivity contribution >= 4 is 32.2 Å². The van der Waals surface area contributed by atoms with Crippen molar-refractivity contribution in [1.29, 1.82) is 0 Å². The maximum absolute atomic E-state index is 14.0. The molecule has 2 atom stereocenters. The number of sulfonamides is 1. The van der Waals surface area contributed by atoms with E-state index in [2.05, 4.69) is 0 Å². The summed E-state index contributed by atoms with van der Waals surface area (Å²) in [7, 11) is -3.66. The van der Waals surface area contributed by atoms with Crippen molar-refractivity contribution in [3.05, 3.63) is 54.6 Å². The van der Waals surface area contributed by atoms with Crippen molar-refractivity contribution in [1.82, 2.24) is 4.31 Å². The van der Waals surface area contributed by atoms with Gasteiger partial charge in [0.05, 0.1) is 10.6 Å². The molecule has 0 amide bonds. The normalized spacial score (nSPS) is 27.0. The lowest BCUT2D eigenvalue weighted by Gasteiger charge is -2.38. The van der Waals surface area contributed by atoms with Crippen LogP contribution >= 0.6 is 0 Å². The molecular formula is C26H29N3O3S. The third-order valence-electron chi connectivity index (χ3n) is 7.71. The Hall–Kier alpha value is -2.77. The summed E-state index contributed by atoms with van der Waals surface area (Å²) in [6.45, 7) is 0.633. The quantitative estimate of drug-likeness (QED) is 0.531. The van der Waals surface area contributed by atoms with E-state index in [1.807, 2.05) is 28.6 Å². The van der Waals surface area contributed by atoms with E-state index in [1.165, 1.54) is 19.3 Å². The second-order valence-electron chi connectivity index (χ2n) is 10.0. The molecule has 7 heteroatoms. The van der Waals surface area contributed by atoms with Gasteiger partial charge in [-0.2, -0.15) is 4.31 Å². The molecule has 2 aliphatic heterocycles. The fraction of sp³-hybridized carbons (Fsp3) is 0.385. The fourth-order valence-electron chi connectivity index (χ4n) is 6.43. The molecule has 3 aromatic rings. The summed E-state index contributed by atoms with van der Waals surface area (Å²) in [5.41, 5.74) is 12.9. The second kappa shape index (κ2) is 7.64. The smallest absolute Gasteiger partial charge is 0.243 e. The second-order valence-corrected chi connectivity index (χ2v) is 11.9. The summed E-state index contributed by atoms with van der Waals surface area (Å²) in [4.78, 5) is 0.284. The summed E-state index contributed by atoms with van der Waals surface area (Å²) < 4.78 is 36.0. The molecule has 4 aliphatic rings. The zero-order valence-electron chi connectivity index (χ0n) is 18.5. The SMILES string of the molecule is Nc1ccc(Oc2cc(S(=O)(=O)N3CC4CC5CC(C4)CC3C5)cc3ccccc23)c(N)c1. The van der Waals surface area contributed by atoms with Crippen LogP contribution in [0.2, 0.25) is 0 Å². The van der Waals surface area contributed by atoms with Gasteiger partial charge in [-0.05, 0) is 79.5 Å². The summed E-state index contributed by atoms with van der Waals surface area (Å²) in [6.07, 6.45) is 5.59. The van der Waals surface area contributed by atoms with Gasteiger partial charge in [-0.25, -0.2) is 8.42 Å². The molecule has 6 nitrogen and oxygen atoms in total. The van der Waals surface area contributed by atoms with Gasteiger partial charge in [0.1, 0.15) is 11.5 Å². The molecule has 2 heterocycles. The molecule has 2 aliphatic carbocycles. The van der Waals surface area contributed by atoms with Gasteiger partial charge in [-0.1, -0.05) is 24.3 Å². The molecule has 2 unspecified atom stereocenters. The first-order valence-electron chi connectivity index (χ1n) is 11.7. The highest BCUT2D eigenvalue weighted by Gasteiger charge is 2.46. The van der Waals surface area contributed by atoms with Gasteiger partial charge in [0, 0.05) is 29.7 Å². The number of nitrogens with zero attached hydrogens (tertiary/aromatic N) is 1. The van der Waals surface area contributed by atoms with Crippen LogP contribution in [0.25, 0.3) is 10.8 Å². The summed E-state index contributed by atoms with van der Waals surface area (Å²) in [5, 5.41) is 1.66. The number of nitrogen functional groups attached to an aromatic ring is 2. The van der Waals surface area contributed by atoms with Crippen LogP contribution in [0.5, 0.6) is 11.5 Å². The average molecular weight is 464 g/mol. The Bertz CT molecular complexity index is 1330. The molecule has 0 aromatic heterocycles. The standard InChI is InChI=1S/C26H29N3O3S/c27-20-5-6-25(24(28)13-20)32-26-14-22(12-19-3-1-2-4-23(19)26)33(30,31)29-15-18-8-16-7-17(9-18)11-21(29)10-16/h1-6,12-14,16-18,21H,7-11,15,27-28H2. The lowest BCUT2D eigenvalue weighted by molar-refractivity contribution is 0.148. The summed E-state index contributed by atoms with van der Waals surface area (Å²) in [6, 6.07) is 16.3. The van der Waals surface area contributed by atoms with Gasteiger partial charge in [-0.15, -0.1) is 0 Å². The predicted molar refractivity (Wildman–Crippen MR) is 131 cm³/mol. The highest BCUT2D eigenvalue weighted by Crippen LogP contribution is 2.49. The molecule has 172 valence electrons. The zero-order chi connectivity index (χ0) is 22.7. The van der Waals surface area contributed by atoms with E-state index < -0.39 is 10.0 Å². The van der Waals surface area contributed by atoms with Crippen LogP contribution in [0, 0.1) is 17.8 Å². The number of fused-ring (bicyclic) bond motifs is 2. The molecule has 33 heavy (non-hydrogen) atoms. The van der Waals surface area contributed by atoms with Gasteiger partial charge in [-0.3, -0.25) is 0 Å². The lowest BCUT2D eigenvalue weighted by Crippen LogP contribution is -2.42. The van der Waals surface area contributed by atoms with Crippen molar-refractivity contribution in [2.24, 2.45) is 17.8 Å². The van der Waals surface area contributed by atoms with Crippen LogP contribution in [0.15, 0.2) is 59.5 Å². The maximum Gasteiger partial charge on any atom is 0.243 e. The Labute approximate surface area is 194 Å². The van der Waals surface area contributed by atoms with E-state index in [-0.39, 0.29) is 10.9 Å². The van der Waals surface area contributed by atoms with Crippen LogP contribution in [0.3, 0.4) is 0 Å². The molecule has 4 N–H and O–H groups in total. The van der Waals surface area contributed by atoms with Crippen molar-refractivity contribution in [2.45, 2.75) is 43.0 Å². The monoisotopic (exact) mass is 463 g/mol. The minimum atomic E-state index is -3.66. The number of anilines is 2. The molecule has 7 rings (SSSR count). The fourth-order valence-corrected chi connectivity index (χ4v) is 8.21. The first-order chi connectivity index (χ1) is 15.9. The van der Waals surface area contributed by atoms with E-state index in [0.717, 1.165) is 23.6 Å². The molecule has 2 saturated heterocycles. The summed E-state index contributed by atoms with van der Waals surface area (Å²) in [5.74, 6) is 2.76. The minimum absolute atomic E-state index is 0.106. The maximum atomic E-state index is 14.0. The Morgan fingerprint density at radius 1 is 0.818 bits per heavy atom. The predicted octanol–water partition coefficient (Wildman–Crippen LogP) is 5.00. The molecule has 0 spiro atoms. The Balaban J connectivity index is 1.43. The van der Waals surface area contributed by atoms with Crippen molar-refractivity contribution in [3.63, 3.8) is 0 Å². The Kier molecular flexibility index (Phi) is 4.82. The van der Waals surface area contributed by atoms with Crippen LogP contribution < -0.4 is 16.2 Å². The minimum Gasteiger partial charge on any atom is -0.455 e. The van der Waals surface area contributed by atoms with Crippen LogP contribution in [-0.4, -0.2) is 25.3 Å². The zero-order valence-corrected chi connectivity index (χ0v) is 19.3. The Morgan fingerprint density at radius 3 is 2.30 bits per heavy atom. The van der Waals surface area contributed by atoms with Gasteiger partial charge >= 0.3 is 0 Å². The van der Waals surface area contributed by atoms with Gasteiger partial charge in [0.15, 0.2) is 0 Å². The molecular weight excluding hydrogens is 434 g/mol. The van der Waals surface area contributed by atoms with E-state index >= 15 is 0 Å². The molecule has 4 fully saturated rings. The lowest BCUT2D eigenvalue weighted by atomic mass is 9.68. The van der Waals surface area contributed by atoms with Gasteiger partial charge < -0.3 is 16.2 Å². The van der Waals surface area contributed by atoms with E-state index in [1.54, 1.807) is 30.3 Å². The van der Waals surface area contributed by atoms with E-state index in [4.69, 9.17) is 16.2 Å². The summed E-state index contributed by atoms with van der Waals surface area (Å²) >= 11 is 0. The molecule has 3 aromatic carbocycles. The number of benzene rings is 3. The van der Waals surface area contributed by atoms with Crippen molar-refractivity contribution in [2.75, 3.05) is 18.0 Å². The van der Waals surface area contributed by atoms with E-state index in [0.29, 0.717) is 47.2 Å². The van der Waals surface area contributed by atoms with Crippen molar-refractivity contribution in [3.8, 4) is 11.5 Å². The third-order valence-corrected chi connectivity index (χ3v) is 9.61. The van der Waals surface area contributed by atoms with Crippen LogP contribution in [0.1, 0.15) is 32.1 Å². The average Bonchev–Trinajstić information content (AvgIpc) is 2.99. The largest absolute Gasteiger partial charge is 0.455 e. The molecule has 2 saturated carbocycles. The molecule has 4 bridgehead atoms. The molecule has 0 radical (unpaired) electrons. The number of ether oxygens (including phenoxy) is 1.